The summed E-state index contributed by atoms with van der Waals surface area (Å²) in [5.41, 5.74) is -0.278. The summed E-state index contributed by atoms with van der Waals surface area (Å²) in [6.07, 6.45) is 0.978. The first kappa shape index (κ1) is 18.8. The molecule has 1 saturated heterocycles. The van der Waals surface area contributed by atoms with Gasteiger partial charge in [0, 0.05) is 12.1 Å². The Morgan fingerprint density at radius 1 is 1.28 bits per heavy atom. The number of rotatable bonds is 7. The molecule has 0 unspecified atom stereocenters. The number of nitro groups is 1. The Labute approximate surface area is 144 Å². The lowest BCUT2D eigenvalue weighted by Crippen LogP contribution is -2.66. The number of hydrogen-bond acceptors (Lipinski definition) is 7. The summed E-state index contributed by atoms with van der Waals surface area (Å²) in [5.74, 6) is -2.18. The molecule has 0 N–H and O–H groups in total. The molecule has 1 amide bonds. The van der Waals surface area contributed by atoms with E-state index in [-0.39, 0.29) is 17.2 Å². The molecule has 0 aromatic heterocycles. The zero-order valence-electron chi connectivity index (χ0n) is 13.7. The third-order valence-corrected chi connectivity index (χ3v) is 5.69. The zero-order valence-corrected chi connectivity index (χ0v) is 14.6. The molecule has 1 aromatic rings. The molecule has 0 aliphatic carbocycles. The van der Waals surface area contributed by atoms with Crippen LogP contribution in [0.4, 0.5) is 5.69 Å². The first-order valence-electron chi connectivity index (χ1n) is 7.75. The average Bonchev–Trinajstić information content (AvgIpc) is 2.57. The second kappa shape index (κ2) is 7.18. The quantitative estimate of drug-likeness (QED) is 0.308. The van der Waals surface area contributed by atoms with Crippen molar-refractivity contribution >= 4 is 27.6 Å². The molecule has 1 aliphatic heterocycles. The number of β-lactam (4-membered cyclic amide) rings is 1. The van der Waals surface area contributed by atoms with E-state index in [9.17, 15) is 28.1 Å². The van der Waals surface area contributed by atoms with E-state index < -0.39 is 38.8 Å². The van der Waals surface area contributed by atoms with Gasteiger partial charge in [0.1, 0.15) is 0 Å². The van der Waals surface area contributed by atoms with Gasteiger partial charge in [-0.2, -0.15) is 0 Å². The molecule has 1 aromatic carbocycles. The Kier molecular flexibility index (Phi) is 5.41. The standard InChI is InChI=1S/C15H18N2O7S/c1-3-5-12-13(15(19)24-4-2)16(14(12)18)25(22,23)11-8-6-10(7-9-11)17(20)21/h6-9,12-13H,3-5H2,1-2H3/t12-,13-/m1/s1. The van der Waals surface area contributed by atoms with Gasteiger partial charge in [0.05, 0.1) is 22.3 Å². The minimum Gasteiger partial charge on any atom is -0.464 e. The van der Waals surface area contributed by atoms with Crippen LogP contribution in [0.25, 0.3) is 0 Å². The molecule has 1 heterocycles. The van der Waals surface area contributed by atoms with Crippen LogP contribution in [-0.2, 0) is 24.3 Å². The number of esters is 1. The number of non-ortho nitro benzene ring substituents is 1. The lowest BCUT2D eigenvalue weighted by Gasteiger charge is -2.43. The summed E-state index contributed by atoms with van der Waals surface area (Å²) in [4.78, 5) is 34.1. The fraction of sp³-hybridized carbons (Fsp3) is 0.467. The maximum Gasteiger partial charge on any atom is 0.330 e. The van der Waals surface area contributed by atoms with Crippen LogP contribution in [0.5, 0.6) is 0 Å². The summed E-state index contributed by atoms with van der Waals surface area (Å²) in [6, 6.07) is 2.93. The van der Waals surface area contributed by atoms with Crippen LogP contribution in [0.2, 0.25) is 0 Å². The Morgan fingerprint density at radius 2 is 1.88 bits per heavy atom. The Balaban J connectivity index is 2.37. The number of carbonyl (C=O) groups excluding carboxylic acids is 2. The lowest BCUT2D eigenvalue weighted by molar-refractivity contribution is -0.384. The predicted molar refractivity (Wildman–Crippen MR) is 85.9 cm³/mol. The number of nitro benzene ring substituents is 1. The Bertz CT molecular complexity index is 789. The second-order valence-electron chi connectivity index (χ2n) is 5.48. The highest BCUT2D eigenvalue weighted by Crippen LogP contribution is 2.36. The van der Waals surface area contributed by atoms with Crippen LogP contribution < -0.4 is 0 Å². The van der Waals surface area contributed by atoms with Crippen molar-refractivity contribution in [1.29, 1.82) is 0 Å². The fourth-order valence-electron chi connectivity index (χ4n) is 2.72. The number of nitrogens with zero attached hydrogens (tertiary/aromatic N) is 2. The Morgan fingerprint density at radius 3 is 2.36 bits per heavy atom. The summed E-state index contributed by atoms with van der Waals surface area (Å²) < 4.78 is 30.8. The molecule has 10 heteroatoms. The average molecular weight is 370 g/mol. The van der Waals surface area contributed by atoms with Crippen molar-refractivity contribution in [2.75, 3.05) is 6.61 Å². The van der Waals surface area contributed by atoms with Crippen molar-refractivity contribution in [3.8, 4) is 0 Å². The molecule has 0 saturated carbocycles. The van der Waals surface area contributed by atoms with Gasteiger partial charge in [-0.3, -0.25) is 14.9 Å². The maximum absolute atomic E-state index is 12.7. The van der Waals surface area contributed by atoms with Crippen LogP contribution in [-0.4, -0.2) is 42.2 Å². The van der Waals surface area contributed by atoms with Gasteiger partial charge in [0.15, 0.2) is 6.04 Å². The molecule has 1 aliphatic rings. The van der Waals surface area contributed by atoms with Crippen molar-refractivity contribution < 1.29 is 27.7 Å². The molecule has 2 atom stereocenters. The zero-order chi connectivity index (χ0) is 18.8. The molecule has 0 radical (unpaired) electrons. The van der Waals surface area contributed by atoms with Gasteiger partial charge in [-0.15, -0.1) is 0 Å². The monoisotopic (exact) mass is 370 g/mol. The van der Waals surface area contributed by atoms with Gasteiger partial charge in [-0.1, -0.05) is 13.3 Å². The number of sulfonamides is 1. The number of hydrogen-bond donors (Lipinski definition) is 0. The second-order valence-corrected chi connectivity index (χ2v) is 7.30. The fourth-order valence-corrected chi connectivity index (χ4v) is 4.33. The van der Waals surface area contributed by atoms with Gasteiger partial charge < -0.3 is 4.74 Å². The summed E-state index contributed by atoms with van der Waals surface area (Å²) >= 11 is 0. The van der Waals surface area contributed by atoms with E-state index in [0.29, 0.717) is 17.1 Å². The van der Waals surface area contributed by atoms with E-state index in [1.54, 1.807) is 6.92 Å². The van der Waals surface area contributed by atoms with Crippen molar-refractivity contribution in [1.82, 2.24) is 4.31 Å². The third-order valence-electron chi connectivity index (χ3n) is 3.90. The van der Waals surface area contributed by atoms with E-state index in [1.807, 2.05) is 6.92 Å². The number of ether oxygens (including phenoxy) is 1. The van der Waals surface area contributed by atoms with Gasteiger partial charge >= 0.3 is 5.97 Å². The number of benzene rings is 1. The number of amides is 1. The molecule has 2 rings (SSSR count). The predicted octanol–water partition coefficient (Wildman–Crippen LogP) is 1.47. The Hall–Kier alpha value is -2.49. The third kappa shape index (κ3) is 3.34. The number of carbonyl (C=O) groups is 2. The van der Waals surface area contributed by atoms with Crippen LogP contribution >= 0.6 is 0 Å². The van der Waals surface area contributed by atoms with E-state index in [2.05, 4.69) is 0 Å². The van der Waals surface area contributed by atoms with Gasteiger partial charge in [-0.05, 0) is 25.5 Å². The summed E-state index contributed by atoms with van der Waals surface area (Å²) in [7, 11) is -4.30. The van der Waals surface area contributed by atoms with E-state index in [0.717, 1.165) is 24.3 Å². The van der Waals surface area contributed by atoms with Crippen molar-refractivity contribution in [3.63, 3.8) is 0 Å². The van der Waals surface area contributed by atoms with Gasteiger partial charge in [0.2, 0.25) is 5.91 Å². The SMILES string of the molecule is CCC[C@H]1C(=O)N(S(=O)(=O)c2ccc([N+](=O)[O-])cc2)[C@H]1C(=O)OCC. The highest BCUT2D eigenvalue weighted by atomic mass is 32.2. The van der Waals surface area contributed by atoms with Crippen LogP contribution in [0.15, 0.2) is 29.2 Å². The highest BCUT2D eigenvalue weighted by molar-refractivity contribution is 7.89. The normalized spacial score (nSPS) is 20.1. The largest absolute Gasteiger partial charge is 0.464 e. The molecule has 25 heavy (non-hydrogen) atoms. The maximum atomic E-state index is 12.7. The van der Waals surface area contributed by atoms with E-state index >= 15 is 0 Å². The topological polar surface area (TPSA) is 124 Å². The van der Waals surface area contributed by atoms with E-state index in [4.69, 9.17) is 4.74 Å². The van der Waals surface area contributed by atoms with Crippen molar-refractivity contribution in [2.45, 2.75) is 37.6 Å². The first-order chi connectivity index (χ1) is 11.8. The summed E-state index contributed by atoms with van der Waals surface area (Å²) in [6.45, 7) is 3.47. The molecule has 0 bridgehead atoms. The molecule has 9 nitrogen and oxygen atoms in total. The smallest absolute Gasteiger partial charge is 0.330 e. The molecular weight excluding hydrogens is 352 g/mol. The van der Waals surface area contributed by atoms with Crippen LogP contribution in [0.1, 0.15) is 26.7 Å². The molecule has 136 valence electrons. The minimum absolute atomic E-state index is 0.0633. The van der Waals surface area contributed by atoms with Crippen LogP contribution in [0.3, 0.4) is 0 Å². The molecular formula is C15H18N2O7S. The molecule has 1 fully saturated rings. The van der Waals surface area contributed by atoms with E-state index in [1.165, 1.54) is 0 Å². The minimum atomic E-state index is -4.30. The lowest BCUT2D eigenvalue weighted by atomic mass is 9.86. The first-order valence-corrected chi connectivity index (χ1v) is 9.19. The van der Waals surface area contributed by atoms with Crippen molar-refractivity contribution in [2.24, 2.45) is 5.92 Å². The summed E-state index contributed by atoms with van der Waals surface area (Å²) in [5, 5.41) is 10.7. The van der Waals surface area contributed by atoms with Crippen LogP contribution in [0, 0.1) is 16.0 Å². The van der Waals surface area contributed by atoms with Crippen molar-refractivity contribution in [3.05, 3.63) is 34.4 Å². The van der Waals surface area contributed by atoms with Gasteiger partial charge in [-0.25, -0.2) is 17.5 Å². The highest BCUT2D eigenvalue weighted by Gasteiger charge is 2.57. The molecule has 0 spiro atoms. The van der Waals surface area contributed by atoms with Gasteiger partial charge in [0.25, 0.3) is 15.7 Å².